The van der Waals surface area contributed by atoms with Gasteiger partial charge in [0.2, 0.25) is 0 Å². The van der Waals surface area contributed by atoms with Crippen molar-refractivity contribution in [1.82, 2.24) is 9.55 Å². The summed E-state index contributed by atoms with van der Waals surface area (Å²) < 4.78 is 2.21. The van der Waals surface area contributed by atoms with Gasteiger partial charge in [-0.25, -0.2) is 4.98 Å². The van der Waals surface area contributed by atoms with Gasteiger partial charge in [-0.3, -0.25) is 4.57 Å². The molecule has 0 spiro atoms. The van der Waals surface area contributed by atoms with Crippen LogP contribution in [0.25, 0.3) is 27.6 Å². The summed E-state index contributed by atoms with van der Waals surface area (Å²) in [6, 6.07) is 22.9. The van der Waals surface area contributed by atoms with E-state index >= 15 is 0 Å². The van der Waals surface area contributed by atoms with Crippen molar-refractivity contribution in [2.75, 3.05) is 0 Å². The zero-order valence-electron chi connectivity index (χ0n) is 12.3. The quantitative estimate of drug-likeness (QED) is 0.466. The van der Waals surface area contributed by atoms with Crippen molar-refractivity contribution in [3.8, 4) is 5.82 Å². The van der Waals surface area contributed by atoms with E-state index in [1.165, 1.54) is 21.8 Å². The average molecular weight is 274 g/mol. The lowest BCUT2D eigenvalue weighted by atomic mass is 10.2. The number of pyridine rings is 1. The maximum atomic E-state index is 4.48. The highest BCUT2D eigenvalue weighted by Crippen LogP contribution is 2.30. The third-order valence-corrected chi connectivity index (χ3v) is 3.46. The summed E-state index contributed by atoms with van der Waals surface area (Å²) in [4.78, 5) is 4.48. The van der Waals surface area contributed by atoms with Gasteiger partial charge in [0.25, 0.3) is 0 Å². The molecule has 0 atom stereocenters. The minimum Gasteiger partial charge on any atom is -0.294 e. The number of hydrogen-bond acceptors (Lipinski definition) is 1. The van der Waals surface area contributed by atoms with Gasteiger partial charge in [-0.1, -0.05) is 56.3 Å². The number of nitrogens with zero attached hydrogens (tertiary/aromatic N) is 2. The number of hydrogen-bond donors (Lipinski definition) is 0. The maximum Gasteiger partial charge on any atom is 0.137 e. The summed E-state index contributed by atoms with van der Waals surface area (Å²) in [5.41, 5.74) is 2.39. The highest BCUT2D eigenvalue weighted by molar-refractivity contribution is 6.08. The molecule has 2 heteroatoms. The zero-order chi connectivity index (χ0) is 14.7. The fourth-order valence-corrected chi connectivity index (χ4v) is 2.66. The van der Waals surface area contributed by atoms with Gasteiger partial charge in [-0.15, -0.1) is 0 Å². The second-order valence-corrected chi connectivity index (χ2v) is 4.56. The topological polar surface area (TPSA) is 17.8 Å². The van der Waals surface area contributed by atoms with E-state index in [1.54, 1.807) is 0 Å². The predicted molar refractivity (Wildman–Crippen MR) is 89.9 cm³/mol. The Labute approximate surface area is 124 Å². The molecule has 2 heterocycles. The van der Waals surface area contributed by atoms with Crippen LogP contribution in [0.15, 0.2) is 72.9 Å². The lowest BCUT2D eigenvalue weighted by Crippen LogP contribution is -1.95. The van der Waals surface area contributed by atoms with Gasteiger partial charge < -0.3 is 0 Å². The van der Waals surface area contributed by atoms with E-state index in [1.807, 2.05) is 38.2 Å². The molecule has 2 aromatic heterocycles. The standard InChI is InChI=1S/C17H12N2.C2H6/c1-3-9-15-13(7-1)14-8-2-4-10-16(14)19(15)17-11-5-6-12-18-17;1-2/h1-12H;1-2H3. The normalized spacial score (nSPS) is 10.4. The molecule has 0 amide bonds. The SMILES string of the molecule is CC.c1ccc(-n2c3ccccc3c3ccccc32)nc1. The maximum absolute atomic E-state index is 4.48. The van der Waals surface area contributed by atoms with Gasteiger partial charge in [0.15, 0.2) is 0 Å². The summed E-state index contributed by atoms with van der Waals surface area (Å²) >= 11 is 0. The summed E-state index contributed by atoms with van der Waals surface area (Å²) in [5, 5.41) is 2.53. The van der Waals surface area contributed by atoms with Crippen molar-refractivity contribution in [1.29, 1.82) is 0 Å². The van der Waals surface area contributed by atoms with Crippen LogP contribution in [0.5, 0.6) is 0 Å². The number of aromatic nitrogens is 2. The van der Waals surface area contributed by atoms with E-state index in [2.05, 4.69) is 58.1 Å². The van der Waals surface area contributed by atoms with E-state index in [0.717, 1.165) is 5.82 Å². The molecule has 2 nitrogen and oxygen atoms in total. The van der Waals surface area contributed by atoms with Crippen LogP contribution in [-0.2, 0) is 0 Å². The fourth-order valence-electron chi connectivity index (χ4n) is 2.66. The van der Waals surface area contributed by atoms with Crippen LogP contribution in [-0.4, -0.2) is 9.55 Å². The van der Waals surface area contributed by atoms with Crippen LogP contribution in [0.3, 0.4) is 0 Å². The first-order chi connectivity index (χ1) is 10.4. The van der Waals surface area contributed by atoms with Crippen molar-refractivity contribution in [2.24, 2.45) is 0 Å². The lowest BCUT2D eigenvalue weighted by molar-refractivity contribution is 1.08. The molecular formula is C19H18N2. The molecule has 0 saturated carbocycles. The summed E-state index contributed by atoms with van der Waals surface area (Å²) in [6.45, 7) is 4.00. The second-order valence-electron chi connectivity index (χ2n) is 4.56. The third kappa shape index (κ3) is 2.19. The molecule has 0 radical (unpaired) electrons. The molecule has 0 fully saturated rings. The Morgan fingerprint density at radius 2 is 1.19 bits per heavy atom. The number of para-hydroxylation sites is 2. The van der Waals surface area contributed by atoms with Crippen molar-refractivity contribution < 1.29 is 0 Å². The minimum atomic E-state index is 0.958. The average Bonchev–Trinajstić information content (AvgIpc) is 2.92. The van der Waals surface area contributed by atoms with Crippen LogP contribution in [0.4, 0.5) is 0 Å². The first-order valence-corrected chi connectivity index (χ1v) is 7.35. The monoisotopic (exact) mass is 274 g/mol. The van der Waals surface area contributed by atoms with Gasteiger partial charge in [0.05, 0.1) is 11.0 Å². The number of rotatable bonds is 1. The Kier molecular flexibility index (Phi) is 3.69. The van der Waals surface area contributed by atoms with Gasteiger partial charge in [-0.2, -0.15) is 0 Å². The Bertz CT molecular complexity index is 807. The van der Waals surface area contributed by atoms with Gasteiger partial charge in [0, 0.05) is 17.0 Å². The van der Waals surface area contributed by atoms with E-state index in [9.17, 15) is 0 Å². The fraction of sp³-hybridized carbons (Fsp3) is 0.105. The second kappa shape index (κ2) is 5.80. The molecule has 4 aromatic rings. The minimum absolute atomic E-state index is 0.958. The van der Waals surface area contributed by atoms with Gasteiger partial charge in [-0.05, 0) is 24.3 Å². The van der Waals surface area contributed by atoms with Crippen molar-refractivity contribution in [2.45, 2.75) is 13.8 Å². The summed E-state index contributed by atoms with van der Waals surface area (Å²) in [6.07, 6.45) is 1.83. The van der Waals surface area contributed by atoms with E-state index < -0.39 is 0 Å². The molecule has 2 aromatic carbocycles. The summed E-state index contributed by atoms with van der Waals surface area (Å²) in [7, 11) is 0. The molecule has 0 N–H and O–H groups in total. The molecule has 0 aliphatic rings. The van der Waals surface area contributed by atoms with Gasteiger partial charge >= 0.3 is 0 Å². The van der Waals surface area contributed by atoms with E-state index in [4.69, 9.17) is 0 Å². The molecule has 0 unspecified atom stereocenters. The Balaban J connectivity index is 0.000000636. The van der Waals surface area contributed by atoms with Gasteiger partial charge in [0.1, 0.15) is 5.82 Å². The first-order valence-electron chi connectivity index (χ1n) is 7.35. The molecule has 0 aliphatic heterocycles. The predicted octanol–water partition coefficient (Wildman–Crippen LogP) is 5.20. The van der Waals surface area contributed by atoms with Crippen LogP contribution in [0, 0.1) is 0 Å². The highest BCUT2D eigenvalue weighted by atomic mass is 15.1. The summed E-state index contributed by atoms with van der Waals surface area (Å²) in [5.74, 6) is 0.958. The van der Waals surface area contributed by atoms with E-state index in [-0.39, 0.29) is 0 Å². The number of fused-ring (bicyclic) bond motifs is 3. The Morgan fingerprint density at radius 1 is 0.667 bits per heavy atom. The van der Waals surface area contributed by atoms with Crippen molar-refractivity contribution in [3.05, 3.63) is 72.9 Å². The molecule has 104 valence electrons. The lowest BCUT2D eigenvalue weighted by Gasteiger charge is -2.05. The molecule has 21 heavy (non-hydrogen) atoms. The van der Waals surface area contributed by atoms with Crippen LogP contribution >= 0.6 is 0 Å². The molecule has 0 saturated heterocycles. The molecule has 0 aliphatic carbocycles. The van der Waals surface area contributed by atoms with Crippen LogP contribution in [0.1, 0.15) is 13.8 Å². The smallest absolute Gasteiger partial charge is 0.137 e. The van der Waals surface area contributed by atoms with Crippen molar-refractivity contribution >= 4 is 21.8 Å². The first kappa shape index (κ1) is 13.4. The highest BCUT2D eigenvalue weighted by Gasteiger charge is 2.10. The van der Waals surface area contributed by atoms with Crippen LogP contribution < -0.4 is 0 Å². The number of benzene rings is 2. The molecular weight excluding hydrogens is 256 g/mol. The Hall–Kier alpha value is -2.61. The molecule has 0 bridgehead atoms. The molecule has 4 rings (SSSR count). The third-order valence-electron chi connectivity index (χ3n) is 3.46. The van der Waals surface area contributed by atoms with E-state index in [0.29, 0.717) is 0 Å². The van der Waals surface area contributed by atoms with Crippen LogP contribution in [0.2, 0.25) is 0 Å². The largest absolute Gasteiger partial charge is 0.294 e. The van der Waals surface area contributed by atoms with Crippen molar-refractivity contribution in [3.63, 3.8) is 0 Å². The Morgan fingerprint density at radius 3 is 1.71 bits per heavy atom. The zero-order valence-corrected chi connectivity index (χ0v) is 12.3.